The largest absolute Gasteiger partial charge is 0.330 e. The van der Waals surface area contributed by atoms with E-state index in [1.54, 1.807) is 0 Å². The summed E-state index contributed by atoms with van der Waals surface area (Å²) in [5, 5.41) is 2.90. The Balaban J connectivity index is 2.95. The van der Waals surface area contributed by atoms with Crippen molar-refractivity contribution in [2.45, 2.75) is 39.5 Å². The van der Waals surface area contributed by atoms with Gasteiger partial charge in [0.1, 0.15) is 0 Å². The average Bonchev–Trinajstić information content (AvgIpc) is 2.20. The molecule has 1 aromatic carbocycles. The van der Waals surface area contributed by atoms with Gasteiger partial charge < -0.3 is 11.1 Å². The fraction of sp³-hybridized carbons (Fsp3) is 0.500. The molecular formula is C14H22N2O. The molecule has 0 radical (unpaired) electrons. The van der Waals surface area contributed by atoms with Gasteiger partial charge in [0.2, 0.25) is 5.91 Å². The van der Waals surface area contributed by atoms with Crippen LogP contribution in [0, 0.1) is 6.92 Å². The Bertz CT molecular complexity index is 405. The highest BCUT2D eigenvalue weighted by Crippen LogP contribution is 2.26. The summed E-state index contributed by atoms with van der Waals surface area (Å²) in [5.41, 5.74) is 8.62. The molecule has 1 amide bonds. The number of carbonyl (C=O) groups excluding carboxylic acids is 1. The van der Waals surface area contributed by atoms with Crippen LogP contribution in [0.2, 0.25) is 0 Å². The molecule has 3 N–H and O–H groups in total. The van der Waals surface area contributed by atoms with Crippen molar-refractivity contribution >= 4 is 11.6 Å². The number of amides is 1. The average molecular weight is 234 g/mol. The van der Waals surface area contributed by atoms with Crippen LogP contribution in [0.1, 0.15) is 38.3 Å². The number of anilines is 1. The minimum absolute atomic E-state index is 0.0262. The normalized spacial score (nSPS) is 11.4. The molecule has 0 aliphatic rings. The van der Waals surface area contributed by atoms with Crippen LogP contribution in [-0.4, -0.2) is 12.5 Å². The molecule has 0 unspecified atom stereocenters. The molecule has 0 spiro atoms. The monoisotopic (exact) mass is 234 g/mol. The molecule has 1 rings (SSSR count). The van der Waals surface area contributed by atoms with Crippen LogP contribution in [0.4, 0.5) is 5.69 Å². The Kier molecular flexibility index (Phi) is 4.29. The zero-order chi connectivity index (χ0) is 13.1. The maximum absolute atomic E-state index is 11.5. The molecule has 0 bridgehead atoms. The van der Waals surface area contributed by atoms with Crippen LogP contribution in [0.5, 0.6) is 0 Å². The summed E-state index contributed by atoms with van der Waals surface area (Å²) in [7, 11) is 0. The molecule has 0 aliphatic carbocycles. The van der Waals surface area contributed by atoms with E-state index in [-0.39, 0.29) is 11.3 Å². The third-order valence-electron chi connectivity index (χ3n) is 2.75. The SMILES string of the molecule is Cc1ccc(C(C)(C)C)cc1NC(=O)CCN. The summed E-state index contributed by atoms with van der Waals surface area (Å²) in [6.07, 6.45) is 0.360. The molecule has 1 aromatic rings. The van der Waals surface area contributed by atoms with Gasteiger partial charge in [-0.1, -0.05) is 32.9 Å². The number of nitrogens with one attached hydrogen (secondary N) is 1. The number of aryl methyl sites for hydroxylation is 1. The van der Waals surface area contributed by atoms with Crippen molar-refractivity contribution in [2.24, 2.45) is 5.73 Å². The lowest BCUT2D eigenvalue weighted by molar-refractivity contribution is -0.116. The van der Waals surface area contributed by atoms with E-state index in [2.05, 4.69) is 32.2 Å². The Morgan fingerprint density at radius 1 is 1.35 bits per heavy atom. The molecule has 0 heterocycles. The molecule has 0 aliphatic heterocycles. The molecule has 0 fully saturated rings. The molecule has 3 nitrogen and oxygen atoms in total. The first-order valence-electron chi connectivity index (χ1n) is 5.95. The summed E-state index contributed by atoms with van der Waals surface area (Å²) >= 11 is 0. The van der Waals surface area contributed by atoms with E-state index in [4.69, 9.17) is 5.73 Å². The van der Waals surface area contributed by atoms with Gasteiger partial charge in [0.25, 0.3) is 0 Å². The van der Waals surface area contributed by atoms with Gasteiger partial charge in [0.15, 0.2) is 0 Å². The number of rotatable bonds is 3. The van der Waals surface area contributed by atoms with Crippen LogP contribution in [-0.2, 0) is 10.2 Å². The van der Waals surface area contributed by atoms with E-state index in [9.17, 15) is 4.79 Å². The number of carbonyl (C=O) groups is 1. The van der Waals surface area contributed by atoms with Gasteiger partial charge in [-0.05, 0) is 29.5 Å². The lowest BCUT2D eigenvalue weighted by atomic mass is 9.86. The second-order valence-corrected chi connectivity index (χ2v) is 5.37. The lowest BCUT2D eigenvalue weighted by Gasteiger charge is -2.21. The van der Waals surface area contributed by atoms with Gasteiger partial charge in [-0.3, -0.25) is 4.79 Å². The molecule has 17 heavy (non-hydrogen) atoms. The van der Waals surface area contributed by atoms with Crippen molar-refractivity contribution in [2.75, 3.05) is 11.9 Å². The molecule has 0 aromatic heterocycles. The van der Waals surface area contributed by atoms with Crippen molar-refractivity contribution < 1.29 is 4.79 Å². The van der Waals surface area contributed by atoms with Gasteiger partial charge in [-0.15, -0.1) is 0 Å². The standard InChI is InChI=1S/C14H22N2O/c1-10-5-6-11(14(2,3)4)9-12(10)16-13(17)7-8-15/h5-6,9H,7-8,15H2,1-4H3,(H,16,17). The van der Waals surface area contributed by atoms with E-state index in [0.29, 0.717) is 13.0 Å². The van der Waals surface area contributed by atoms with E-state index in [1.165, 1.54) is 5.56 Å². The molecule has 0 saturated carbocycles. The van der Waals surface area contributed by atoms with Gasteiger partial charge in [0, 0.05) is 18.7 Å². The summed E-state index contributed by atoms with van der Waals surface area (Å²) in [6.45, 7) is 8.84. The fourth-order valence-electron chi connectivity index (χ4n) is 1.57. The smallest absolute Gasteiger partial charge is 0.225 e. The van der Waals surface area contributed by atoms with Crippen LogP contribution in [0.15, 0.2) is 18.2 Å². The van der Waals surface area contributed by atoms with Gasteiger partial charge in [-0.25, -0.2) is 0 Å². The number of benzene rings is 1. The zero-order valence-electron chi connectivity index (χ0n) is 11.1. The first-order valence-corrected chi connectivity index (χ1v) is 5.95. The second kappa shape index (κ2) is 5.32. The van der Waals surface area contributed by atoms with Gasteiger partial charge >= 0.3 is 0 Å². The fourth-order valence-corrected chi connectivity index (χ4v) is 1.57. The van der Waals surface area contributed by atoms with Gasteiger partial charge in [-0.2, -0.15) is 0 Å². The van der Waals surface area contributed by atoms with Gasteiger partial charge in [0.05, 0.1) is 0 Å². The predicted molar refractivity (Wildman–Crippen MR) is 72.2 cm³/mol. The summed E-state index contributed by atoms with van der Waals surface area (Å²) < 4.78 is 0. The summed E-state index contributed by atoms with van der Waals surface area (Å²) in [4.78, 5) is 11.5. The highest BCUT2D eigenvalue weighted by atomic mass is 16.1. The molecule has 0 saturated heterocycles. The van der Waals surface area contributed by atoms with Crippen molar-refractivity contribution in [3.63, 3.8) is 0 Å². The first kappa shape index (κ1) is 13.7. The predicted octanol–water partition coefficient (Wildman–Crippen LogP) is 2.58. The zero-order valence-corrected chi connectivity index (χ0v) is 11.1. The maximum Gasteiger partial charge on any atom is 0.225 e. The third kappa shape index (κ3) is 3.86. The second-order valence-electron chi connectivity index (χ2n) is 5.37. The lowest BCUT2D eigenvalue weighted by Crippen LogP contribution is -2.18. The number of hydrogen-bond acceptors (Lipinski definition) is 2. The van der Waals surface area contributed by atoms with E-state index in [1.807, 2.05) is 19.1 Å². The van der Waals surface area contributed by atoms with E-state index >= 15 is 0 Å². The van der Waals surface area contributed by atoms with Crippen LogP contribution in [0.25, 0.3) is 0 Å². The Morgan fingerprint density at radius 2 is 2.00 bits per heavy atom. The molecule has 0 atom stereocenters. The third-order valence-corrected chi connectivity index (χ3v) is 2.75. The molecule has 94 valence electrons. The number of hydrogen-bond donors (Lipinski definition) is 2. The summed E-state index contributed by atoms with van der Waals surface area (Å²) in [5.74, 6) is -0.0262. The maximum atomic E-state index is 11.5. The minimum atomic E-state index is -0.0262. The van der Waals surface area contributed by atoms with Crippen molar-refractivity contribution in [1.29, 1.82) is 0 Å². The van der Waals surface area contributed by atoms with Crippen LogP contribution >= 0.6 is 0 Å². The Hall–Kier alpha value is -1.35. The van der Waals surface area contributed by atoms with E-state index < -0.39 is 0 Å². The quantitative estimate of drug-likeness (QED) is 0.844. The molecule has 3 heteroatoms. The Morgan fingerprint density at radius 3 is 2.53 bits per heavy atom. The highest BCUT2D eigenvalue weighted by molar-refractivity contribution is 5.91. The van der Waals surface area contributed by atoms with Crippen LogP contribution in [0.3, 0.4) is 0 Å². The molecular weight excluding hydrogens is 212 g/mol. The van der Waals surface area contributed by atoms with Crippen LogP contribution < -0.4 is 11.1 Å². The van der Waals surface area contributed by atoms with Crippen molar-refractivity contribution in [1.82, 2.24) is 0 Å². The first-order chi connectivity index (χ1) is 7.84. The highest BCUT2D eigenvalue weighted by Gasteiger charge is 2.15. The Labute approximate surface area is 103 Å². The van der Waals surface area contributed by atoms with Crippen molar-refractivity contribution in [3.05, 3.63) is 29.3 Å². The topological polar surface area (TPSA) is 55.1 Å². The van der Waals surface area contributed by atoms with Crippen molar-refractivity contribution in [3.8, 4) is 0 Å². The summed E-state index contributed by atoms with van der Waals surface area (Å²) in [6, 6.07) is 6.19. The van der Waals surface area contributed by atoms with E-state index in [0.717, 1.165) is 11.3 Å². The minimum Gasteiger partial charge on any atom is -0.330 e. The number of nitrogens with two attached hydrogens (primary N) is 1.